The van der Waals surface area contributed by atoms with Crippen molar-refractivity contribution in [3.8, 4) is 11.3 Å². The van der Waals surface area contributed by atoms with Crippen LogP contribution in [0.2, 0.25) is 8.67 Å². The van der Waals surface area contributed by atoms with Gasteiger partial charge in [0.2, 0.25) is 0 Å². The summed E-state index contributed by atoms with van der Waals surface area (Å²) in [5.41, 5.74) is 6.05. The molecule has 0 atom stereocenters. The minimum Gasteiger partial charge on any atom is -0.381 e. The molecular formula is C8H6Cl2FN3S. The Morgan fingerprint density at radius 3 is 2.60 bits per heavy atom. The summed E-state index contributed by atoms with van der Waals surface area (Å²) in [6.07, 6.45) is 0. The lowest BCUT2D eigenvalue weighted by atomic mass is 10.2. The zero-order valence-electron chi connectivity index (χ0n) is 7.59. The number of nitrogen functional groups attached to an aromatic ring is 1. The van der Waals surface area contributed by atoms with Crippen molar-refractivity contribution in [2.45, 2.75) is 0 Å². The molecule has 2 rings (SSSR count). The zero-order chi connectivity index (χ0) is 11.2. The first-order chi connectivity index (χ1) is 7.00. The van der Waals surface area contributed by atoms with Gasteiger partial charge in [0.1, 0.15) is 10.0 Å². The first-order valence-electron chi connectivity index (χ1n) is 3.94. The van der Waals surface area contributed by atoms with Gasteiger partial charge in [-0.1, -0.05) is 23.2 Å². The van der Waals surface area contributed by atoms with Gasteiger partial charge in [-0.3, -0.25) is 0 Å². The zero-order valence-corrected chi connectivity index (χ0v) is 9.92. The lowest BCUT2D eigenvalue weighted by Gasteiger charge is -1.91. The van der Waals surface area contributed by atoms with Gasteiger partial charge < -0.3 is 5.73 Å². The van der Waals surface area contributed by atoms with Crippen molar-refractivity contribution in [2.75, 3.05) is 5.73 Å². The van der Waals surface area contributed by atoms with E-state index in [1.807, 2.05) is 0 Å². The van der Waals surface area contributed by atoms with Gasteiger partial charge in [0.25, 0.3) is 0 Å². The monoisotopic (exact) mass is 265 g/mol. The summed E-state index contributed by atoms with van der Waals surface area (Å²) in [6.45, 7) is 0. The number of hydrogen-bond acceptors (Lipinski definition) is 3. The van der Waals surface area contributed by atoms with Crippen LogP contribution in [0.5, 0.6) is 0 Å². The fraction of sp³-hybridized carbons (Fsp3) is 0.125. The Morgan fingerprint density at radius 1 is 1.53 bits per heavy atom. The van der Waals surface area contributed by atoms with Crippen molar-refractivity contribution in [1.29, 1.82) is 0 Å². The lowest BCUT2D eigenvalue weighted by Crippen LogP contribution is -1.97. The van der Waals surface area contributed by atoms with Crippen LogP contribution in [0.3, 0.4) is 0 Å². The van der Waals surface area contributed by atoms with Crippen LogP contribution in [-0.2, 0) is 7.05 Å². The number of anilines is 1. The topological polar surface area (TPSA) is 43.8 Å². The van der Waals surface area contributed by atoms with Crippen LogP contribution in [0.25, 0.3) is 11.3 Å². The quantitative estimate of drug-likeness (QED) is 0.861. The van der Waals surface area contributed by atoms with Gasteiger partial charge in [-0.2, -0.15) is 5.10 Å². The van der Waals surface area contributed by atoms with Crippen LogP contribution < -0.4 is 5.73 Å². The second-order valence-electron chi connectivity index (χ2n) is 2.91. The number of nitrogens with two attached hydrogens (primary N) is 1. The summed E-state index contributed by atoms with van der Waals surface area (Å²) in [5.74, 6) is -0.600. The van der Waals surface area contributed by atoms with Gasteiger partial charge >= 0.3 is 0 Å². The number of aryl methyl sites for hydroxylation is 1. The molecule has 0 saturated carbocycles. The Labute approximate surface area is 99.2 Å². The van der Waals surface area contributed by atoms with Crippen molar-refractivity contribution < 1.29 is 4.39 Å². The highest BCUT2D eigenvalue weighted by molar-refractivity contribution is 7.20. The largest absolute Gasteiger partial charge is 0.381 e. The molecule has 0 radical (unpaired) electrons. The highest BCUT2D eigenvalue weighted by Gasteiger charge is 2.19. The molecule has 0 aliphatic carbocycles. The second kappa shape index (κ2) is 3.66. The molecule has 0 aromatic carbocycles. The molecule has 2 heterocycles. The summed E-state index contributed by atoms with van der Waals surface area (Å²) in [6, 6.07) is 1.57. The Balaban J connectivity index is 2.64. The van der Waals surface area contributed by atoms with Crippen LogP contribution >= 0.6 is 34.5 Å². The van der Waals surface area contributed by atoms with Crippen LogP contribution in [-0.4, -0.2) is 9.78 Å². The molecule has 7 heteroatoms. The summed E-state index contributed by atoms with van der Waals surface area (Å²) in [7, 11) is 1.56. The molecule has 0 fully saturated rings. The Kier molecular flexibility index (Phi) is 2.62. The molecule has 2 aromatic rings. The average Bonchev–Trinajstić information content (AvgIpc) is 2.61. The van der Waals surface area contributed by atoms with Gasteiger partial charge in [0.15, 0.2) is 11.6 Å². The van der Waals surface area contributed by atoms with Crippen LogP contribution in [0.1, 0.15) is 0 Å². The van der Waals surface area contributed by atoms with Gasteiger partial charge in [0.05, 0.1) is 4.34 Å². The maximum Gasteiger partial charge on any atom is 0.192 e. The summed E-state index contributed by atoms with van der Waals surface area (Å²) in [4.78, 5) is 0. The Bertz CT molecular complexity index is 520. The average molecular weight is 266 g/mol. The number of hydrogen-bond donors (Lipinski definition) is 1. The molecule has 0 spiro atoms. The van der Waals surface area contributed by atoms with Gasteiger partial charge in [0, 0.05) is 12.6 Å². The van der Waals surface area contributed by atoms with E-state index in [-0.39, 0.29) is 11.5 Å². The van der Waals surface area contributed by atoms with Crippen LogP contribution in [0.15, 0.2) is 6.07 Å². The van der Waals surface area contributed by atoms with Crippen LogP contribution in [0.4, 0.5) is 10.2 Å². The highest BCUT2D eigenvalue weighted by Crippen LogP contribution is 2.39. The summed E-state index contributed by atoms with van der Waals surface area (Å²) < 4.78 is 15.7. The van der Waals surface area contributed by atoms with E-state index in [1.165, 1.54) is 4.68 Å². The van der Waals surface area contributed by atoms with E-state index in [0.29, 0.717) is 14.2 Å². The van der Waals surface area contributed by atoms with Gasteiger partial charge in [-0.15, -0.1) is 11.3 Å². The van der Waals surface area contributed by atoms with Crippen molar-refractivity contribution in [2.24, 2.45) is 7.05 Å². The normalized spacial score (nSPS) is 10.9. The number of rotatable bonds is 1. The predicted molar refractivity (Wildman–Crippen MR) is 60.9 cm³/mol. The Hall–Kier alpha value is -0.780. The third kappa shape index (κ3) is 1.71. The molecule has 15 heavy (non-hydrogen) atoms. The first kappa shape index (κ1) is 10.7. The fourth-order valence-electron chi connectivity index (χ4n) is 1.18. The lowest BCUT2D eigenvalue weighted by molar-refractivity contribution is 0.634. The molecule has 0 amide bonds. The Morgan fingerprint density at radius 2 is 2.20 bits per heavy atom. The van der Waals surface area contributed by atoms with Crippen molar-refractivity contribution >= 4 is 40.4 Å². The summed E-state index contributed by atoms with van der Waals surface area (Å²) >= 11 is 12.8. The minimum absolute atomic E-state index is 0.0246. The highest BCUT2D eigenvalue weighted by atomic mass is 35.5. The van der Waals surface area contributed by atoms with E-state index in [0.717, 1.165) is 11.3 Å². The maximum absolute atomic E-state index is 13.6. The van der Waals surface area contributed by atoms with Crippen LogP contribution in [0, 0.1) is 5.82 Å². The number of thiophene rings is 1. The molecular weight excluding hydrogens is 260 g/mol. The minimum atomic E-state index is -0.575. The maximum atomic E-state index is 13.6. The second-order valence-corrected chi connectivity index (χ2v) is 5.19. The molecule has 0 aliphatic rings. The first-order valence-corrected chi connectivity index (χ1v) is 5.51. The molecule has 2 N–H and O–H groups in total. The van der Waals surface area contributed by atoms with Gasteiger partial charge in [-0.05, 0) is 6.07 Å². The van der Waals surface area contributed by atoms with E-state index in [4.69, 9.17) is 28.9 Å². The van der Waals surface area contributed by atoms with Crippen molar-refractivity contribution in [3.63, 3.8) is 0 Å². The molecule has 2 aromatic heterocycles. The molecule has 0 unspecified atom stereocenters. The number of aromatic nitrogens is 2. The summed E-state index contributed by atoms with van der Waals surface area (Å²) in [5, 5.41) is 3.93. The van der Waals surface area contributed by atoms with Gasteiger partial charge in [-0.25, -0.2) is 9.07 Å². The fourth-order valence-corrected chi connectivity index (χ4v) is 2.65. The SMILES string of the molecule is Cn1nc(-c2cc(Cl)sc2Cl)c(F)c1N. The van der Waals surface area contributed by atoms with E-state index < -0.39 is 5.82 Å². The van der Waals surface area contributed by atoms with Crippen molar-refractivity contribution in [3.05, 3.63) is 20.6 Å². The van der Waals surface area contributed by atoms with Crippen molar-refractivity contribution in [1.82, 2.24) is 9.78 Å². The standard InChI is InChI=1S/C8H6Cl2FN3S/c1-14-8(12)5(11)6(13-14)3-2-4(9)15-7(3)10/h2H,12H2,1H3. The number of nitrogens with zero attached hydrogens (tertiary/aromatic N) is 2. The van der Waals surface area contributed by atoms with E-state index in [1.54, 1.807) is 13.1 Å². The molecule has 0 aliphatic heterocycles. The molecule has 80 valence electrons. The number of halogens is 3. The van der Waals surface area contributed by atoms with E-state index >= 15 is 0 Å². The third-order valence-electron chi connectivity index (χ3n) is 1.94. The molecule has 3 nitrogen and oxygen atoms in total. The van der Waals surface area contributed by atoms with E-state index in [9.17, 15) is 4.39 Å². The third-order valence-corrected chi connectivity index (χ3v) is 3.43. The molecule has 0 saturated heterocycles. The molecule has 0 bridgehead atoms. The van der Waals surface area contributed by atoms with E-state index in [2.05, 4.69) is 5.10 Å². The smallest absolute Gasteiger partial charge is 0.192 e. The predicted octanol–water partition coefficient (Wildman–Crippen LogP) is 3.18.